The topological polar surface area (TPSA) is 20.2 Å². The predicted molar refractivity (Wildman–Crippen MR) is 69.6 cm³/mol. The molecular formula is C16H22O. The molecule has 2 bridgehead atoms. The number of hydrogen-bond acceptors (Lipinski definition) is 1. The van der Waals surface area contributed by atoms with Crippen LogP contribution in [0.15, 0.2) is 30.3 Å². The van der Waals surface area contributed by atoms with Crippen molar-refractivity contribution in [2.24, 2.45) is 16.7 Å². The molecule has 1 heteroatoms. The van der Waals surface area contributed by atoms with Crippen LogP contribution in [0.4, 0.5) is 0 Å². The molecule has 1 aromatic rings. The maximum Gasteiger partial charge on any atom is 0.100 e. The van der Waals surface area contributed by atoms with Gasteiger partial charge in [-0.05, 0) is 30.7 Å². The van der Waals surface area contributed by atoms with Crippen LogP contribution in [0.2, 0.25) is 0 Å². The summed E-state index contributed by atoms with van der Waals surface area (Å²) in [6.45, 7) is 6.76. The van der Waals surface area contributed by atoms with Crippen molar-refractivity contribution < 1.29 is 5.11 Å². The number of benzene rings is 1. The fourth-order valence-corrected chi connectivity index (χ4v) is 4.66. The number of rotatable bonds is 1. The Balaban J connectivity index is 2.18. The summed E-state index contributed by atoms with van der Waals surface area (Å²) >= 11 is 0. The summed E-state index contributed by atoms with van der Waals surface area (Å²) < 4.78 is 0. The fraction of sp³-hybridized carbons (Fsp3) is 0.625. The van der Waals surface area contributed by atoms with Crippen molar-refractivity contribution in [1.82, 2.24) is 0 Å². The molecule has 0 aliphatic heterocycles. The molecule has 3 rings (SSSR count). The fourth-order valence-electron chi connectivity index (χ4n) is 4.66. The summed E-state index contributed by atoms with van der Waals surface area (Å²) in [4.78, 5) is 0. The van der Waals surface area contributed by atoms with Crippen LogP contribution in [0.5, 0.6) is 0 Å². The third-order valence-corrected chi connectivity index (χ3v) is 5.76. The van der Waals surface area contributed by atoms with E-state index in [0.29, 0.717) is 5.92 Å². The Morgan fingerprint density at radius 1 is 1.12 bits per heavy atom. The first kappa shape index (κ1) is 11.3. The average Bonchev–Trinajstić information content (AvgIpc) is 2.78. The van der Waals surface area contributed by atoms with Crippen LogP contribution in [0.25, 0.3) is 0 Å². The molecule has 1 aromatic carbocycles. The van der Waals surface area contributed by atoms with E-state index in [4.69, 9.17) is 0 Å². The minimum absolute atomic E-state index is 0.0125. The van der Waals surface area contributed by atoms with Crippen LogP contribution in [-0.2, 0) is 5.60 Å². The largest absolute Gasteiger partial charge is 0.384 e. The van der Waals surface area contributed by atoms with Crippen LogP contribution in [0.1, 0.15) is 45.6 Å². The number of aliphatic hydroxyl groups is 1. The molecule has 0 saturated heterocycles. The number of hydrogen-bond donors (Lipinski definition) is 1. The molecule has 92 valence electrons. The molecule has 1 nitrogen and oxygen atoms in total. The normalized spacial score (nSPS) is 42.9. The lowest BCUT2D eigenvalue weighted by molar-refractivity contribution is -0.150. The molecule has 0 amide bonds. The van der Waals surface area contributed by atoms with Gasteiger partial charge in [-0.15, -0.1) is 0 Å². The lowest BCUT2D eigenvalue weighted by Crippen LogP contribution is -2.51. The van der Waals surface area contributed by atoms with Gasteiger partial charge in [-0.1, -0.05) is 51.1 Å². The summed E-state index contributed by atoms with van der Waals surface area (Å²) in [5, 5.41) is 11.4. The molecule has 3 atom stereocenters. The molecule has 0 spiro atoms. The summed E-state index contributed by atoms with van der Waals surface area (Å²) in [7, 11) is 0. The van der Waals surface area contributed by atoms with E-state index < -0.39 is 5.60 Å². The second-order valence-corrected chi connectivity index (χ2v) is 6.80. The van der Waals surface area contributed by atoms with Gasteiger partial charge in [-0.3, -0.25) is 0 Å². The smallest absolute Gasteiger partial charge is 0.100 e. The van der Waals surface area contributed by atoms with Gasteiger partial charge < -0.3 is 5.11 Å². The molecule has 0 radical (unpaired) electrons. The van der Waals surface area contributed by atoms with Gasteiger partial charge in [0.15, 0.2) is 0 Å². The van der Waals surface area contributed by atoms with Crippen molar-refractivity contribution in [2.75, 3.05) is 0 Å². The second-order valence-electron chi connectivity index (χ2n) is 6.80. The predicted octanol–water partition coefficient (Wildman–Crippen LogP) is 3.72. The van der Waals surface area contributed by atoms with E-state index in [0.717, 1.165) is 12.0 Å². The Labute approximate surface area is 104 Å². The summed E-state index contributed by atoms with van der Waals surface area (Å²) in [6.07, 6.45) is 3.61. The highest BCUT2D eigenvalue weighted by Gasteiger charge is 2.68. The SMILES string of the molecule is CC1(C)[C@H]2CC[C@](C)(C2)[C@@]1(O)c1ccccc1. The van der Waals surface area contributed by atoms with E-state index >= 15 is 0 Å². The highest BCUT2D eigenvalue weighted by molar-refractivity contribution is 5.33. The van der Waals surface area contributed by atoms with E-state index in [1.54, 1.807) is 0 Å². The highest BCUT2D eigenvalue weighted by Crippen LogP contribution is 2.71. The Kier molecular flexibility index (Phi) is 2.08. The van der Waals surface area contributed by atoms with Gasteiger partial charge in [0.2, 0.25) is 0 Å². The average molecular weight is 230 g/mol. The molecule has 17 heavy (non-hydrogen) atoms. The van der Waals surface area contributed by atoms with Gasteiger partial charge >= 0.3 is 0 Å². The first-order valence-corrected chi connectivity index (χ1v) is 6.70. The van der Waals surface area contributed by atoms with Gasteiger partial charge in [0.1, 0.15) is 5.60 Å². The number of fused-ring (bicyclic) bond motifs is 2. The van der Waals surface area contributed by atoms with Crippen LogP contribution >= 0.6 is 0 Å². The third kappa shape index (κ3) is 1.14. The van der Waals surface area contributed by atoms with Crippen LogP contribution < -0.4 is 0 Å². The van der Waals surface area contributed by atoms with Gasteiger partial charge in [0.25, 0.3) is 0 Å². The molecule has 2 saturated carbocycles. The Bertz CT molecular complexity index is 429. The van der Waals surface area contributed by atoms with Crippen molar-refractivity contribution in [3.63, 3.8) is 0 Å². The van der Waals surface area contributed by atoms with Crippen molar-refractivity contribution in [3.05, 3.63) is 35.9 Å². The van der Waals surface area contributed by atoms with E-state index in [-0.39, 0.29) is 10.8 Å². The molecule has 2 fully saturated rings. The summed E-state index contributed by atoms with van der Waals surface area (Å²) in [5.41, 5.74) is 0.489. The van der Waals surface area contributed by atoms with Crippen LogP contribution in [0, 0.1) is 16.7 Å². The van der Waals surface area contributed by atoms with E-state index in [9.17, 15) is 5.11 Å². The molecule has 0 aromatic heterocycles. The molecule has 2 aliphatic carbocycles. The van der Waals surface area contributed by atoms with E-state index in [1.165, 1.54) is 12.8 Å². The van der Waals surface area contributed by atoms with E-state index in [1.807, 2.05) is 18.2 Å². The standard InChI is InChI=1S/C16H22O/c1-14(2)13-9-10-15(3,11-13)16(14,17)12-7-5-4-6-8-12/h4-8,13,17H,9-11H2,1-3H3/t13-,15+,16+/m0/s1. The monoisotopic (exact) mass is 230 g/mol. The summed E-state index contributed by atoms with van der Waals surface area (Å²) in [6, 6.07) is 10.3. The van der Waals surface area contributed by atoms with Gasteiger partial charge in [0, 0.05) is 10.8 Å². The lowest BCUT2D eigenvalue weighted by Gasteiger charge is -2.51. The maximum absolute atomic E-state index is 11.4. The van der Waals surface area contributed by atoms with E-state index in [2.05, 4.69) is 32.9 Å². The lowest BCUT2D eigenvalue weighted by atomic mass is 9.58. The van der Waals surface area contributed by atoms with Crippen molar-refractivity contribution in [3.8, 4) is 0 Å². The van der Waals surface area contributed by atoms with Crippen molar-refractivity contribution in [1.29, 1.82) is 0 Å². The zero-order valence-corrected chi connectivity index (χ0v) is 11.0. The Morgan fingerprint density at radius 3 is 2.29 bits per heavy atom. The Morgan fingerprint density at radius 2 is 1.76 bits per heavy atom. The zero-order chi connectivity index (χ0) is 12.3. The first-order chi connectivity index (χ1) is 7.92. The quantitative estimate of drug-likeness (QED) is 0.779. The van der Waals surface area contributed by atoms with Crippen molar-refractivity contribution >= 4 is 0 Å². The van der Waals surface area contributed by atoms with Crippen LogP contribution in [0.3, 0.4) is 0 Å². The second kappa shape index (κ2) is 3.14. The molecular weight excluding hydrogens is 208 g/mol. The van der Waals surface area contributed by atoms with Gasteiger partial charge in [-0.25, -0.2) is 0 Å². The van der Waals surface area contributed by atoms with Crippen LogP contribution in [-0.4, -0.2) is 5.11 Å². The minimum Gasteiger partial charge on any atom is -0.384 e. The Hall–Kier alpha value is -0.820. The molecule has 0 heterocycles. The third-order valence-electron chi connectivity index (χ3n) is 5.76. The zero-order valence-electron chi connectivity index (χ0n) is 11.0. The first-order valence-electron chi connectivity index (χ1n) is 6.70. The van der Waals surface area contributed by atoms with Gasteiger partial charge in [-0.2, -0.15) is 0 Å². The molecule has 1 N–H and O–H groups in total. The maximum atomic E-state index is 11.4. The minimum atomic E-state index is -0.663. The molecule has 2 aliphatic rings. The van der Waals surface area contributed by atoms with Gasteiger partial charge in [0.05, 0.1) is 0 Å². The molecule has 0 unspecified atom stereocenters. The van der Waals surface area contributed by atoms with Crippen molar-refractivity contribution in [2.45, 2.75) is 45.6 Å². The summed E-state index contributed by atoms with van der Waals surface area (Å²) in [5.74, 6) is 0.665. The highest BCUT2D eigenvalue weighted by atomic mass is 16.3.